The highest BCUT2D eigenvalue weighted by atomic mass is 35.5. The van der Waals surface area contributed by atoms with Gasteiger partial charge >= 0.3 is 0 Å². The zero-order chi connectivity index (χ0) is 112. The highest BCUT2D eigenvalue weighted by molar-refractivity contribution is 6.18. The molecule has 0 unspecified atom stereocenters. The van der Waals surface area contributed by atoms with Gasteiger partial charge in [0.05, 0.1) is 45.7 Å². The number of ketones is 2. The van der Waals surface area contributed by atoms with E-state index in [2.05, 4.69) is 138 Å². The van der Waals surface area contributed by atoms with Crippen molar-refractivity contribution >= 4 is 40.7 Å². The van der Waals surface area contributed by atoms with Crippen LogP contribution in [0.25, 0.3) is 0 Å². The maximum Gasteiger partial charge on any atom is 0.272 e. The van der Waals surface area contributed by atoms with E-state index in [0.717, 1.165) is 116 Å². The number of nitrogens with zero attached hydrogens (tertiary/aromatic N) is 6. The Morgan fingerprint density at radius 3 is 1.23 bits per heavy atom. The average molecular weight is 2150 g/mol. The smallest absolute Gasteiger partial charge is 0.272 e. The van der Waals surface area contributed by atoms with Crippen molar-refractivity contribution in [2.24, 2.45) is 69.1 Å². The number of benzene rings is 4. The molecule has 842 valence electrons. The Morgan fingerprint density at radius 2 is 0.820 bits per heavy atom. The second kappa shape index (κ2) is 73.8. The molecule has 0 radical (unpaired) electrons. The molecule has 2 fully saturated rings. The lowest BCUT2D eigenvalue weighted by molar-refractivity contribution is -0.118. The van der Waals surface area contributed by atoms with Crippen molar-refractivity contribution in [1.82, 2.24) is 24.6 Å². The van der Waals surface area contributed by atoms with Crippen LogP contribution in [0.1, 0.15) is 165 Å². The fourth-order valence-corrected chi connectivity index (χ4v) is 15.0. The molecule has 0 amide bonds. The normalized spacial score (nSPS) is 19.8. The summed E-state index contributed by atoms with van der Waals surface area (Å²) in [6, 6.07) is 25.2. The Morgan fingerprint density at radius 1 is 0.427 bits per heavy atom. The maximum atomic E-state index is 13.7. The summed E-state index contributed by atoms with van der Waals surface area (Å²) in [6.45, 7) is 56.2. The van der Waals surface area contributed by atoms with Crippen LogP contribution in [0.15, 0.2) is 192 Å². The molecule has 12 rings (SSSR count). The summed E-state index contributed by atoms with van der Waals surface area (Å²) in [5.74, 6) is 11.9. The number of dihydropyridines is 1. The summed E-state index contributed by atoms with van der Waals surface area (Å²) in [4.78, 5) is 38.8. The first-order valence-corrected chi connectivity index (χ1v) is 53.5. The van der Waals surface area contributed by atoms with Gasteiger partial charge in [0, 0.05) is 120 Å². The van der Waals surface area contributed by atoms with Gasteiger partial charge in [-0.2, -0.15) is 0 Å². The number of aliphatic hydroxyl groups is 2. The van der Waals surface area contributed by atoms with Crippen molar-refractivity contribution < 1.29 is 103 Å². The van der Waals surface area contributed by atoms with Gasteiger partial charge in [0.15, 0.2) is 17.3 Å². The number of rotatable bonds is 43. The van der Waals surface area contributed by atoms with Crippen molar-refractivity contribution in [3.63, 3.8) is 0 Å². The highest BCUT2D eigenvalue weighted by Gasteiger charge is 2.43. The molecule has 0 saturated carbocycles. The number of likely N-dealkylation sites (N-methyl/N-ethyl adjacent to an activating group) is 2. The number of likely N-dealkylation sites (tertiary alicyclic amines) is 2. The summed E-state index contributed by atoms with van der Waals surface area (Å²) in [7, 11) is 11.2. The van der Waals surface area contributed by atoms with Crippen LogP contribution in [0.4, 0.5) is 26.3 Å². The number of alkyl halides is 6. The lowest BCUT2D eigenvalue weighted by Gasteiger charge is -2.48. The number of allylic oxidation sites excluding steroid dienone is 12. The number of methoxy groups -OCH3 is 2. The van der Waals surface area contributed by atoms with E-state index in [1.165, 1.54) is 27.8 Å². The van der Waals surface area contributed by atoms with Gasteiger partial charge in [-0.05, 0) is 320 Å². The minimum Gasteiger partial charge on any atom is -0.494 e. The quantitative estimate of drug-likeness (QED) is 0.0210. The zero-order valence-electron chi connectivity index (χ0n) is 95.1. The molecule has 7 aliphatic rings. The van der Waals surface area contributed by atoms with E-state index in [1.807, 2.05) is 178 Å². The fraction of sp³-hybridized carbons (Fsp3) is 0.583. The van der Waals surface area contributed by atoms with Gasteiger partial charge in [-0.3, -0.25) is 9.80 Å². The topological polar surface area (TPSA) is 224 Å². The fourth-order valence-electron chi connectivity index (χ4n) is 14.5. The number of Topliss-reactive ketones (excluding diaryl/α,β-unsaturated/α-hetero) is 2. The van der Waals surface area contributed by atoms with Crippen LogP contribution in [-0.4, -0.2) is 270 Å². The molecule has 150 heavy (non-hydrogen) atoms. The number of hydrogen-bond donors (Lipinski definition) is 2. The molecule has 1 aromatic heterocycles. The van der Waals surface area contributed by atoms with E-state index in [4.69, 9.17) is 80.0 Å². The largest absolute Gasteiger partial charge is 0.494 e. The molecule has 30 heteroatoms. The molecule has 2 N–H and O–H groups in total. The Kier molecular flexibility index (Phi) is 66.2. The molecule has 4 aromatic carbocycles. The van der Waals surface area contributed by atoms with Crippen LogP contribution in [0.5, 0.6) is 28.9 Å². The number of pyridine rings is 1. The van der Waals surface area contributed by atoms with Gasteiger partial charge in [0.1, 0.15) is 105 Å². The Balaban J connectivity index is 0.000000429. The first-order chi connectivity index (χ1) is 71.0. The molecular weight excluding hydrogens is 1970 g/mol. The van der Waals surface area contributed by atoms with Gasteiger partial charge in [0.25, 0.3) is 12.9 Å². The minimum absolute atomic E-state index is 0.0654. The lowest BCUT2D eigenvalue weighted by atomic mass is 9.83. The average Bonchev–Trinajstić information content (AvgIpc) is 0.797. The van der Waals surface area contributed by atoms with Crippen molar-refractivity contribution in [3.8, 4) is 28.9 Å². The molecule has 5 aromatic rings. The third-order valence-electron chi connectivity index (χ3n) is 26.6. The maximum absolute atomic E-state index is 13.7. The highest BCUT2D eigenvalue weighted by Crippen LogP contribution is 2.35. The van der Waals surface area contributed by atoms with Gasteiger partial charge < -0.3 is 86.4 Å². The molecule has 3 aliphatic heterocycles. The molecule has 22 nitrogen and oxygen atoms in total. The van der Waals surface area contributed by atoms with E-state index in [1.54, 1.807) is 65.3 Å². The number of carbonyl (C=O) groups is 2. The van der Waals surface area contributed by atoms with Crippen LogP contribution in [-0.2, 0) is 42.7 Å². The number of hydrogen-bond acceptors (Lipinski definition) is 22. The summed E-state index contributed by atoms with van der Waals surface area (Å²) < 4.78 is 138. The SMILES string of the molecule is CC(=O)CCCOC1=C[C@@H](C)[C@@H](C)C=C1.CC(=O)CCCOc1ccc(C)c(C)c1.COCCOC1=C[C@@H](C)[C@@H](C)C=C1.COCCOc1ccc(C)c(C)c1.C[C@@H]1C(F)=C(OCCN(C)C)C=C[C@@H]1C.C[C@@H]1C=C(OCC(F)F)C=C[C@@H]1C.C[C@@H]1N=C(OCCN2CC(CO)(CCl)C2)C=C[C@@H]1C.Cc1ccc(OCC(F)F)cc1C.Cc1ccc(OCCN(C)C)c(F)c1C.Cc1ccc(OCCN2CC(CO)(CCl)C2)nc1C. The third-order valence-corrected chi connectivity index (χ3v) is 27.7. The number of aryl methyl sites for hydroxylation is 9. The van der Waals surface area contributed by atoms with Crippen LogP contribution < -0.4 is 23.7 Å². The lowest BCUT2D eigenvalue weighted by Crippen LogP contribution is -2.60. The number of carbonyl (C=O) groups excluding carboxylic acids is 2. The minimum atomic E-state index is -2.42. The van der Waals surface area contributed by atoms with Crippen molar-refractivity contribution in [1.29, 1.82) is 0 Å². The van der Waals surface area contributed by atoms with Crippen molar-refractivity contribution in [2.45, 2.75) is 197 Å². The zero-order valence-corrected chi connectivity index (χ0v) is 96.6. The number of halogens is 8. The second-order valence-electron chi connectivity index (χ2n) is 40.6. The molecule has 0 spiro atoms. The molecule has 0 bridgehead atoms. The second-order valence-corrected chi connectivity index (χ2v) is 41.1. The monoisotopic (exact) mass is 2150 g/mol. The first kappa shape index (κ1) is 135. The van der Waals surface area contributed by atoms with Crippen LogP contribution in [0, 0.1) is 139 Å². The van der Waals surface area contributed by atoms with E-state index in [9.17, 15) is 46.1 Å². The summed E-state index contributed by atoms with van der Waals surface area (Å²) in [5.41, 5.74) is 10.8. The number of aromatic nitrogens is 1. The van der Waals surface area contributed by atoms with Crippen LogP contribution in [0.2, 0.25) is 0 Å². The molecule has 10 atom stereocenters. The van der Waals surface area contributed by atoms with Crippen LogP contribution >= 0.6 is 23.2 Å². The predicted octanol–water partition coefficient (Wildman–Crippen LogP) is 24.9. The Hall–Kier alpha value is -9.46. The van der Waals surface area contributed by atoms with Crippen molar-refractivity contribution in [3.05, 3.63) is 248 Å². The summed E-state index contributed by atoms with van der Waals surface area (Å²) in [6.07, 6.45) is 24.2. The van der Waals surface area contributed by atoms with E-state index < -0.39 is 26.1 Å². The predicted molar refractivity (Wildman–Crippen MR) is 598 cm³/mol. The summed E-state index contributed by atoms with van der Waals surface area (Å²) >= 11 is 11.7. The van der Waals surface area contributed by atoms with Crippen LogP contribution in [0.3, 0.4) is 0 Å². The Bertz CT molecular complexity index is 5040. The molecule has 4 aliphatic carbocycles. The summed E-state index contributed by atoms with van der Waals surface area (Å²) in [5, 5.41) is 18.5. The number of aliphatic imine (C=N–C) groups is 1. The van der Waals surface area contributed by atoms with Gasteiger partial charge in [-0.1, -0.05) is 123 Å². The van der Waals surface area contributed by atoms with E-state index in [-0.39, 0.29) is 59.1 Å². The Labute approximate surface area is 905 Å². The van der Waals surface area contributed by atoms with E-state index in [0.29, 0.717) is 173 Å². The standard InChI is InChI=1S/C14H23ClN2O2.C14H21ClN2O2.C13H20O2.C13H18O2.C12H20FNO.C12H18FNO.C11H18O2.C11H16O2.C10H14F2O.C10H12F2O/c2*1-11-3-4-13(16-12(11)2)19-6-5-17-8-14(7-15,9-17)10-18;2*1-10-6-7-13(9-11(10)2)15-8-4-5-12(3)14;2*1-9-5-6-11(12(13)10(9)2)15-8-7-14(3)4;2*1-9-4-5-11(8-10(9)2)13-7-6-12-3;2*1-7-3-4-9(5-8(7)2)13-6-10(11)12/h3-4,11-12,18H,5-10H2,1-2H3;3-4,18H,5-10H2,1-2H3;6-7,9-11H,4-5,8H2,1-3H3;6-7,9H,4-5,8H2,1-3H3;5-6,9-10H,7-8H2,1-4H3;5-6H,7-8H2,1-4H3;4-5,8-10H,6-7H2,1-3H3;4-5,8H,6-7H2,1-3H3;3-5,7-8,10H,6H2,1-2H3;3-5,10H,6H2,1-2H3/t11-,12-;;10-,11+;;9-,10-;;9-,10+;;7-,8+;/m0.0.0.0.0./s1. The third kappa shape index (κ3) is 54.9. The molecular formula is C120H180Cl2F6N6O16. The molecule has 4 heterocycles. The first-order valence-electron chi connectivity index (χ1n) is 52.4. The van der Waals surface area contributed by atoms with Gasteiger partial charge in [-0.15, -0.1) is 23.2 Å². The van der Waals surface area contributed by atoms with Gasteiger partial charge in [0.2, 0.25) is 11.8 Å². The number of ether oxygens (including phenoxy) is 12. The van der Waals surface area contributed by atoms with E-state index >= 15 is 0 Å². The molecule has 2 saturated heterocycles. The van der Waals surface area contributed by atoms with Gasteiger partial charge in [-0.25, -0.2) is 36.3 Å². The van der Waals surface area contributed by atoms with Crippen molar-refractivity contribution in [2.75, 3.05) is 199 Å². The number of aliphatic hydroxyl groups excluding tert-OH is 2.